The summed E-state index contributed by atoms with van der Waals surface area (Å²) in [5.74, 6) is 0.947. The van der Waals surface area contributed by atoms with Crippen molar-refractivity contribution in [2.24, 2.45) is 5.41 Å². The normalized spacial score (nSPS) is 17.7. The van der Waals surface area contributed by atoms with Crippen LogP contribution in [0.15, 0.2) is 28.7 Å². The quantitative estimate of drug-likeness (QED) is 0.813. The topological polar surface area (TPSA) is 9.23 Å². The fourth-order valence-electron chi connectivity index (χ4n) is 1.52. The molecule has 0 saturated heterocycles. The maximum absolute atomic E-state index is 5.74. The van der Waals surface area contributed by atoms with Crippen LogP contribution in [-0.2, 0) is 11.3 Å². The van der Waals surface area contributed by atoms with E-state index in [1.165, 1.54) is 18.4 Å². The van der Waals surface area contributed by atoms with Gasteiger partial charge in [-0.15, -0.1) is 0 Å². The third-order valence-corrected chi connectivity index (χ3v) is 4.36. The molecule has 1 nitrogen and oxygen atoms in total. The molecule has 1 saturated carbocycles. The molecule has 15 heavy (non-hydrogen) atoms. The molecule has 0 spiro atoms. The van der Waals surface area contributed by atoms with Crippen LogP contribution >= 0.6 is 28.6 Å². The van der Waals surface area contributed by atoms with Gasteiger partial charge in [-0.1, -0.05) is 34.1 Å². The van der Waals surface area contributed by atoms with Crippen molar-refractivity contribution in [2.45, 2.75) is 19.4 Å². The van der Waals surface area contributed by atoms with Gasteiger partial charge in [0.05, 0.1) is 13.2 Å². The molecule has 0 N–H and O–H groups in total. The highest BCUT2D eigenvalue weighted by molar-refractivity contribution is 9.10. The molecule has 1 fully saturated rings. The Balaban J connectivity index is 1.81. The van der Waals surface area contributed by atoms with Crippen LogP contribution in [0, 0.1) is 5.41 Å². The van der Waals surface area contributed by atoms with Gasteiger partial charge in [0.1, 0.15) is 0 Å². The van der Waals surface area contributed by atoms with Crippen LogP contribution in [0.1, 0.15) is 18.4 Å². The van der Waals surface area contributed by atoms with Crippen LogP contribution in [-0.4, -0.2) is 12.4 Å². The second kappa shape index (κ2) is 4.89. The van der Waals surface area contributed by atoms with Crippen molar-refractivity contribution in [3.63, 3.8) is 0 Å². The van der Waals surface area contributed by atoms with E-state index in [9.17, 15) is 0 Å². The molecular weight excluding hydrogens is 272 g/mol. The molecular formula is C12H15BrOS. The lowest BCUT2D eigenvalue weighted by atomic mass is 10.1. The van der Waals surface area contributed by atoms with Crippen LogP contribution in [0.3, 0.4) is 0 Å². The standard InChI is InChI=1S/C12H15BrOS/c13-11-4-2-1-3-10(11)7-14-8-12(9-15)5-6-12/h1-4,15H,5-9H2. The van der Waals surface area contributed by atoms with Crippen molar-refractivity contribution in [1.82, 2.24) is 0 Å². The highest BCUT2D eigenvalue weighted by atomic mass is 79.9. The van der Waals surface area contributed by atoms with Crippen molar-refractivity contribution in [1.29, 1.82) is 0 Å². The SMILES string of the molecule is SCC1(COCc2ccccc2Br)CC1. The zero-order valence-corrected chi connectivity index (χ0v) is 11.1. The molecule has 1 aliphatic carbocycles. The minimum absolute atomic E-state index is 0.393. The third kappa shape index (κ3) is 2.99. The van der Waals surface area contributed by atoms with E-state index in [1.54, 1.807) is 0 Å². The zero-order valence-electron chi connectivity index (χ0n) is 8.58. The molecule has 2 rings (SSSR count). The summed E-state index contributed by atoms with van der Waals surface area (Å²) in [6.07, 6.45) is 2.54. The minimum atomic E-state index is 0.393. The molecule has 0 atom stereocenters. The van der Waals surface area contributed by atoms with E-state index in [-0.39, 0.29) is 0 Å². The predicted molar refractivity (Wildman–Crippen MR) is 69.3 cm³/mol. The Morgan fingerprint density at radius 2 is 2.07 bits per heavy atom. The second-order valence-electron chi connectivity index (χ2n) is 4.24. The number of benzene rings is 1. The smallest absolute Gasteiger partial charge is 0.0728 e. The number of thiol groups is 1. The molecule has 0 aromatic heterocycles. The molecule has 0 aliphatic heterocycles. The first-order valence-electron chi connectivity index (χ1n) is 5.18. The van der Waals surface area contributed by atoms with Gasteiger partial charge >= 0.3 is 0 Å². The summed E-state index contributed by atoms with van der Waals surface area (Å²) in [6, 6.07) is 8.19. The fraction of sp³-hybridized carbons (Fsp3) is 0.500. The Kier molecular flexibility index (Phi) is 3.75. The van der Waals surface area contributed by atoms with E-state index in [0.29, 0.717) is 12.0 Å². The predicted octanol–water partition coefficient (Wildman–Crippen LogP) is 3.68. The molecule has 1 aromatic carbocycles. The first kappa shape index (κ1) is 11.5. The van der Waals surface area contributed by atoms with E-state index in [1.807, 2.05) is 18.2 Å². The fourth-order valence-corrected chi connectivity index (χ4v) is 2.32. The van der Waals surface area contributed by atoms with Gasteiger partial charge in [0.2, 0.25) is 0 Å². The Morgan fingerprint density at radius 1 is 1.33 bits per heavy atom. The van der Waals surface area contributed by atoms with Gasteiger partial charge in [0, 0.05) is 9.89 Å². The number of hydrogen-bond acceptors (Lipinski definition) is 2. The van der Waals surface area contributed by atoms with Gasteiger partial charge < -0.3 is 4.74 Å². The number of halogens is 1. The molecule has 1 aromatic rings. The highest BCUT2D eigenvalue weighted by Crippen LogP contribution is 2.46. The average Bonchev–Trinajstić information content (AvgIpc) is 3.02. The number of ether oxygens (including phenoxy) is 1. The first-order valence-corrected chi connectivity index (χ1v) is 6.60. The van der Waals surface area contributed by atoms with Crippen LogP contribution in [0.2, 0.25) is 0 Å². The van der Waals surface area contributed by atoms with Crippen LogP contribution in [0.4, 0.5) is 0 Å². The summed E-state index contributed by atoms with van der Waals surface area (Å²) >= 11 is 7.87. The Hall–Kier alpha value is 0.01000. The van der Waals surface area contributed by atoms with Crippen molar-refractivity contribution in [3.05, 3.63) is 34.3 Å². The van der Waals surface area contributed by atoms with E-state index < -0.39 is 0 Å². The lowest BCUT2D eigenvalue weighted by molar-refractivity contribution is 0.0854. The molecule has 1 aliphatic rings. The summed E-state index contributed by atoms with van der Waals surface area (Å²) in [5.41, 5.74) is 1.61. The lowest BCUT2D eigenvalue weighted by Crippen LogP contribution is -2.12. The zero-order chi connectivity index (χ0) is 10.7. The molecule has 0 amide bonds. The molecule has 82 valence electrons. The van der Waals surface area contributed by atoms with Crippen molar-refractivity contribution in [3.8, 4) is 0 Å². The summed E-state index contributed by atoms with van der Waals surface area (Å²) < 4.78 is 6.87. The van der Waals surface area contributed by atoms with E-state index in [2.05, 4.69) is 34.6 Å². The van der Waals surface area contributed by atoms with Crippen LogP contribution in [0.25, 0.3) is 0 Å². The van der Waals surface area contributed by atoms with Gasteiger partial charge in [-0.3, -0.25) is 0 Å². The van der Waals surface area contributed by atoms with Crippen molar-refractivity contribution in [2.75, 3.05) is 12.4 Å². The van der Waals surface area contributed by atoms with E-state index >= 15 is 0 Å². The summed E-state index contributed by atoms with van der Waals surface area (Å²) in [4.78, 5) is 0. The van der Waals surface area contributed by atoms with Gasteiger partial charge in [-0.25, -0.2) is 0 Å². The average molecular weight is 287 g/mol. The minimum Gasteiger partial charge on any atom is -0.376 e. The van der Waals surface area contributed by atoms with Gasteiger partial charge in [0.25, 0.3) is 0 Å². The summed E-state index contributed by atoms with van der Waals surface area (Å²) in [6.45, 7) is 1.54. The van der Waals surface area contributed by atoms with Gasteiger partial charge in [0.15, 0.2) is 0 Å². The summed E-state index contributed by atoms with van der Waals surface area (Å²) in [5, 5.41) is 0. The molecule has 0 bridgehead atoms. The third-order valence-electron chi connectivity index (χ3n) is 2.92. The van der Waals surface area contributed by atoms with Crippen LogP contribution < -0.4 is 0 Å². The first-order chi connectivity index (χ1) is 7.26. The maximum atomic E-state index is 5.74. The Bertz CT molecular complexity index is 336. The Morgan fingerprint density at radius 3 is 2.67 bits per heavy atom. The number of rotatable bonds is 5. The Labute approximate surface area is 105 Å². The summed E-state index contributed by atoms with van der Waals surface area (Å²) in [7, 11) is 0. The van der Waals surface area contributed by atoms with Gasteiger partial charge in [-0.2, -0.15) is 12.6 Å². The second-order valence-corrected chi connectivity index (χ2v) is 5.41. The molecule has 0 radical (unpaired) electrons. The van der Waals surface area contributed by atoms with E-state index in [4.69, 9.17) is 4.74 Å². The van der Waals surface area contributed by atoms with Crippen LogP contribution in [0.5, 0.6) is 0 Å². The number of hydrogen-bond donors (Lipinski definition) is 1. The monoisotopic (exact) mass is 286 g/mol. The highest BCUT2D eigenvalue weighted by Gasteiger charge is 2.41. The van der Waals surface area contributed by atoms with Crippen molar-refractivity contribution >= 4 is 28.6 Å². The van der Waals surface area contributed by atoms with E-state index in [0.717, 1.165) is 16.8 Å². The molecule has 0 unspecified atom stereocenters. The molecule has 0 heterocycles. The largest absolute Gasteiger partial charge is 0.376 e. The lowest BCUT2D eigenvalue weighted by Gasteiger charge is -2.12. The van der Waals surface area contributed by atoms with Gasteiger partial charge in [-0.05, 0) is 30.2 Å². The van der Waals surface area contributed by atoms with Crippen molar-refractivity contribution < 1.29 is 4.74 Å². The maximum Gasteiger partial charge on any atom is 0.0728 e. The molecule has 3 heteroatoms.